The highest BCUT2D eigenvalue weighted by molar-refractivity contribution is 6.01. The van der Waals surface area contributed by atoms with Crippen molar-refractivity contribution >= 4 is 22.8 Å². The summed E-state index contributed by atoms with van der Waals surface area (Å²) in [5.74, 6) is -0.622. The van der Waals surface area contributed by atoms with Crippen molar-refractivity contribution in [2.45, 2.75) is 52.6 Å². The van der Waals surface area contributed by atoms with Crippen molar-refractivity contribution in [3.05, 3.63) is 53.6 Å². The lowest BCUT2D eigenvalue weighted by Crippen LogP contribution is -2.63. The van der Waals surface area contributed by atoms with Gasteiger partial charge < -0.3 is 14.4 Å². The van der Waals surface area contributed by atoms with E-state index in [9.17, 15) is 14.0 Å². The molecule has 0 saturated carbocycles. The van der Waals surface area contributed by atoms with Gasteiger partial charge in [-0.25, -0.2) is 9.37 Å². The molecule has 1 aromatic carbocycles. The van der Waals surface area contributed by atoms with Crippen LogP contribution in [0.4, 0.5) is 4.39 Å². The van der Waals surface area contributed by atoms with Crippen molar-refractivity contribution < 1.29 is 14.0 Å². The summed E-state index contributed by atoms with van der Waals surface area (Å²) in [6, 6.07) is 8.77. The van der Waals surface area contributed by atoms with Gasteiger partial charge in [-0.05, 0) is 70.9 Å². The molecule has 1 aliphatic rings. The molecule has 4 rings (SSSR count). The zero-order valence-corrected chi connectivity index (χ0v) is 20.4. The summed E-state index contributed by atoms with van der Waals surface area (Å²) in [7, 11) is 1.75. The Hall–Kier alpha value is -3.22. The molecule has 1 fully saturated rings. The Bertz CT molecular complexity index is 1270. The fraction of sp³-hybridized carbons (Fsp3) is 0.423. The standard InChI is InChI=1S/C26H31FN4O2/c1-16-8-9-17(14-20(16)27)19-15-31(25(2,3)4)22-18(19)10-11-21(28-22)23(32)30-13-12-29(7)24(33)26(30,5)6/h8-11,14-15H,12-13H2,1-7H3. The summed E-state index contributed by atoms with van der Waals surface area (Å²) >= 11 is 0. The van der Waals surface area contributed by atoms with E-state index in [2.05, 4.69) is 20.8 Å². The van der Waals surface area contributed by atoms with E-state index in [4.69, 9.17) is 4.98 Å². The van der Waals surface area contributed by atoms with E-state index in [1.165, 1.54) is 6.07 Å². The van der Waals surface area contributed by atoms with Crippen LogP contribution in [-0.4, -0.2) is 56.8 Å². The molecule has 0 N–H and O–H groups in total. The molecule has 33 heavy (non-hydrogen) atoms. The van der Waals surface area contributed by atoms with Crippen molar-refractivity contribution in [1.82, 2.24) is 19.4 Å². The molecule has 7 heteroatoms. The molecular weight excluding hydrogens is 419 g/mol. The lowest BCUT2D eigenvalue weighted by Gasteiger charge is -2.44. The molecule has 0 spiro atoms. The highest BCUT2D eigenvalue weighted by Gasteiger charge is 2.43. The van der Waals surface area contributed by atoms with Crippen LogP contribution in [0.5, 0.6) is 0 Å². The summed E-state index contributed by atoms with van der Waals surface area (Å²) in [5.41, 5.74) is 1.90. The Morgan fingerprint density at radius 2 is 1.82 bits per heavy atom. The molecule has 0 unspecified atom stereocenters. The van der Waals surface area contributed by atoms with E-state index < -0.39 is 5.54 Å². The predicted octanol–water partition coefficient (Wildman–Crippen LogP) is 4.60. The fourth-order valence-electron chi connectivity index (χ4n) is 4.43. The number of halogens is 1. The topological polar surface area (TPSA) is 58.4 Å². The Labute approximate surface area is 194 Å². The lowest BCUT2D eigenvalue weighted by atomic mass is 9.97. The van der Waals surface area contributed by atoms with Gasteiger partial charge in [-0.15, -0.1) is 0 Å². The third-order valence-electron chi connectivity index (χ3n) is 6.53. The first-order chi connectivity index (χ1) is 15.3. The monoisotopic (exact) mass is 450 g/mol. The number of likely N-dealkylation sites (N-methyl/N-ethyl adjacent to an activating group) is 1. The highest BCUT2D eigenvalue weighted by atomic mass is 19.1. The van der Waals surface area contributed by atoms with Crippen molar-refractivity contribution in [2.75, 3.05) is 20.1 Å². The van der Waals surface area contributed by atoms with Gasteiger partial charge in [0.1, 0.15) is 22.7 Å². The van der Waals surface area contributed by atoms with E-state index in [-0.39, 0.29) is 28.9 Å². The van der Waals surface area contributed by atoms with Crippen LogP contribution in [0.3, 0.4) is 0 Å². The van der Waals surface area contributed by atoms with Gasteiger partial charge in [0, 0.05) is 42.8 Å². The van der Waals surface area contributed by atoms with Gasteiger partial charge in [0.05, 0.1) is 0 Å². The Kier molecular flexibility index (Phi) is 5.34. The predicted molar refractivity (Wildman–Crippen MR) is 128 cm³/mol. The van der Waals surface area contributed by atoms with Gasteiger partial charge in [0.25, 0.3) is 5.91 Å². The third kappa shape index (κ3) is 3.79. The number of nitrogens with zero attached hydrogens (tertiary/aromatic N) is 4. The quantitative estimate of drug-likeness (QED) is 0.573. The number of carbonyl (C=O) groups is 2. The molecule has 3 heterocycles. The molecular formula is C26H31FN4O2. The van der Waals surface area contributed by atoms with Crippen molar-refractivity contribution in [1.29, 1.82) is 0 Å². The molecule has 1 saturated heterocycles. The second-order valence-corrected chi connectivity index (χ2v) is 10.4. The number of pyridine rings is 1. The molecule has 0 atom stereocenters. The number of aromatic nitrogens is 2. The van der Waals surface area contributed by atoms with E-state index in [1.54, 1.807) is 49.8 Å². The largest absolute Gasteiger partial charge is 0.342 e. The molecule has 1 aliphatic heterocycles. The minimum Gasteiger partial charge on any atom is -0.342 e. The normalized spacial score (nSPS) is 16.5. The van der Waals surface area contributed by atoms with Crippen LogP contribution in [0, 0.1) is 12.7 Å². The average Bonchev–Trinajstić information content (AvgIpc) is 3.13. The van der Waals surface area contributed by atoms with Crippen molar-refractivity contribution in [2.24, 2.45) is 0 Å². The van der Waals surface area contributed by atoms with Crippen LogP contribution < -0.4 is 0 Å². The van der Waals surface area contributed by atoms with Gasteiger partial charge in [-0.3, -0.25) is 9.59 Å². The number of rotatable bonds is 2. The molecule has 174 valence electrons. The van der Waals surface area contributed by atoms with Crippen molar-refractivity contribution in [3.63, 3.8) is 0 Å². The summed E-state index contributed by atoms with van der Waals surface area (Å²) in [5, 5.41) is 0.846. The Morgan fingerprint density at radius 1 is 1.12 bits per heavy atom. The number of hydrogen-bond acceptors (Lipinski definition) is 3. The van der Waals surface area contributed by atoms with Gasteiger partial charge in [0.15, 0.2) is 0 Å². The summed E-state index contributed by atoms with van der Waals surface area (Å²) in [6.07, 6.45) is 1.97. The smallest absolute Gasteiger partial charge is 0.273 e. The average molecular weight is 451 g/mol. The number of fused-ring (bicyclic) bond motifs is 1. The SMILES string of the molecule is Cc1ccc(-c2cn(C(C)(C)C)c3nc(C(=O)N4CCN(C)C(=O)C4(C)C)ccc23)cc1F. The maximum Gasteiger partial charge on any atom is 0.273 e. The Balaban J connectivity index is 1.84. The van der Waals surface area contributed by atoms with E-state index in [0.29, 0.717) is 24.3 Å². The molecule has 3 aromatic rings. The summed E-state index contributed by atoms with van der Waals surface area (Å²) in [4.78, 5) is 34.2. The maximum atomic E-state index is 14.3. The second-order valence-electron chi connectivity index (χ2n) is 10.4. The highest BCUT2D eigenvalue weighted by Crippen LogP contribution is 2.34. The second kappa shape index (κ2) is 7.68. The van der Waals surface area contributed by atoms with Gasteiger partial charge in [-0.1, -0.05) is 12.1 Å². The summed E-state index contributed by atoms with van der Waals surface area (Å²) in [6.45, 7) is 12.4. The van der Waals surface area contributed by atoms with Crippen LogP contribution in [0.1, 0.15) is 50.7 Å². The van der Waals surface area contributed by atoms with E-state index in [0.717, 1.165) is 16.5 Å². The number of carbonyl (C=O) groups excluding carboxylic acids is 2. The number of piperazine rings is 1. The molecule has 0 aliphatic carbocycles. The maximum absolute atomic E-state index is 14.3. The van der Waals surface area contributed by atoms with Crippen LogP contribution >= 0.6 is 0 Å². The van der Waals surface area contributed by atoms with Crippen LogP contribution in [0.2, 0.25) is 0 Å². The molecule has 2 aromatic heterocycles. The van der Waals surface area contributed by atoms with Gasteiger partial charge in [-0.2, -0.15) is 0 Å². The number of aryl methyl sites for hydroxylation is 1. The Morgan fingerprint density at radius 3 is 2.45 bits per heavy atom. The fourth-order valence-corrected chi connectivity index (χ4v) is 4.43. The molecule has 6 nitrogen and oxygen atoms in total. The van der Waals surface area contributed by atoms with E-state index in [1.807, 2.05) is 22.9 Å². The first-order valence-corrected chi connectivity index (χ1v) is 11.2. The van der Waals surface area contributed by atoms with Crippen LogP contribution in [0.15, 0.2) is 36.5 Å². The van der Waals surface area contributed by atoms with Crippen LogP contribution in [0.25, 0.3) is 22.2 Å². The number of benzene rings is 1. The third-order valence-corrected chi connectivity index (χ3v) is 6.53. The molecule has 2 amide bonds. The zero-order valence-electron chi connectivity index (χ0n) is 20.4. The van der Waals surface area contributed by atoms with Crippen LogP contribution in [-0.2, 0) is 10.3 Å². The van der Waals surface area contributed by atoms with Gasteiger partial charge in [0.2, 0.25) is 5.91 Å². The first kappa shape index (κ1) is 23.0. The lowest BCUT2D eigenvalue weighted by molar-refractivity contribution is -0.144. The van der Waals surface area contributed by atoms with Gasteiger partial charge >= 0.3 is 0 Å². The minimum atomic E-state index is -0.947. The molecule has 0 radical (unpaired) electrons. The molecule has 0 bridgehead atoms. The number of amides is 2. The van der Waals surface area contributed by atoms with Crippen molar-refractivity contribution in [3.8, 4) is 11.1 Å². The summed E-state index contributed by atoms with van der Waals surface area (Å²) < 4.78 is 16.3. The zero-order chi connectivity index (χ0) is 24.3. The first-order valence-electron chi connectivity index (χ1n) is 11.2. The van der Waals surface area contributed by atoms with E-state index >= 15 is 0 Å². The number of hydrogen-bond donors (Lipinski definition) is 0. The minimum absolute atomic E-state index is 0.0927.